The van der Waals surface area contributed by atoms with Crippen molar-refractivity contribution in [2.24, 2.45) is 0 Å². The zero-order chi connectivity index (χ0) is 31.5. The minimum Gasteiger partial charge on any atom is -0.445 e. The normalized spacial score (nSPS) is 12.2. The Balaban J connectivity index is 2.03. The van der Waals surface area contributed by atoms with Crippen molar-refractivity contribution in [2.45, 2.75) is 25.3 Å². The highest BCUT2D eigenvalue weighted by atomic mass is 35.5. The summed E-state index contributed by atoms with van der Waals surface area (Å²) in [5.41, 5.74) is 6.90. The molecule has 43 heavy (non-hydrogen) atoms. The molecule has 2 unspecified atom stereocenters. The first-order valence-corrected chi connectivity index (χ1v) is 15.6. The predicted octanol–water partition coefficient (Wildman–Crippen LogP) is 2.71. The molecule has 2 aromatic rings. The Kier molecular flexibility index (Phi) is 17.3. The molecule has 0 radical (unpaired) electrons. The average molecular weight is 658 g/mol. The predicted molar refractivity (Wildman–Crippen MR) is 167 cm³/mol. The van der Waals surface area contributed by atoms with E-state index in [1.54, 1.807) is 14.1 Å². The van der Waals surface area contributed by atoms with Gasteiger partial charge in [0.25, 0.3) is 11.8 Å². The SMILES string of the molecule is CN(CCCl)NC(=O)C(CSCC(NC(=O)OCc1ccccc1)C(=O)NN(C)CCCl)NC(=O)OCc1ccccc1. The van der Waals surface area contributed by atoms with Crippen molar-refractivity contribution < 1.29 is 28.7 Å². The van der Waals surface area contributed by atoms with Gasteiger partial charge in [-0.05, 0) is 11.1 Å². The van der Waals surface area contributed by atoms with E-state index < -0.39 is 36.1 Å². The van der Waals surface area contributed by atoms with Crippen LogP contribution >= 0.6 is 35.0 Å². The van der Waals surface area contributed by atoms with Gasteiger partial charge in [0.05, 0.1) is 0 Å². The Hall–Kier alpha value is -3.23. The number of halogens is 2. The molecule has 2 atom stereocenters. The molecule has 15 heteroatoms. The number of ether oxygens (including phenoxy) is 2. The minimum absolute atomic E-state index is 0.0212. The molecule has 0 bridgehead atoms. The third kappa shape index (κ3) is 15.2. The summed E-state index contributed by atoms with van der Waals surface area (Å²) in [6.45, 7) is 0.790. The van der Waals surface area contributed by atoms with E-state index in [9.17, 15) is 19.2 Å². The third-order valence-electron chi connectivity index (χ3n) is 5.65. The van der Waals surface area contributed by atoms with Crippen molar-refractivity contribution in [2.75, 3.05) is 50.5 Å². The van der Waals surface area contributed by atoms with Crippen LogP contribution in [0.1, 0.15) is 11.1 Å². The molecule has 2 rings (SSSR count). The number of nitrogens with one attached hydrogen (secondary N) is 4. The Morgan fingerprint density at radius 1 is 0.698 bits per heavy atom. The highest BCUT2D eigenvalue weighted by Crippen LogP contribution is 2.09. The standard InChI is InChI=1S/C28H38Cl2N6O6S/c1-35(15-13-29)33-25(37)23(31-27(39)41-17-21-9-5-3-6-10-21)19-43-20-24(26(38)34-36(2)16-14-30)32-28(40)42-18-22-11-7-4-8-12-22/h3-12,23-24H,13-20H2,1-2H3,(H,31,39)(H,32,40)(H,33,37)(H,34,38). The van der Waals surface area contributed by atoms with Crippen molar-refractivity contribution in [3.05, 3.63) is 71.8 Å². The van der Waals surface area contributed by atoms with Crippen LogP contribution in [0.5, 0.6) is 0 Å². The zero-order valence-corrected chi connectivity index (χ0v) is 26.4. The molecule has 0 spiro atoms. The summed E-state index contributed by atoms with van der Waals surface area (Å²) in [4.78, 5) is 51.1. The number of hydrogen-bond donors (Lipinski definition) is 4. The summed E-state index contributed by atoms with van der Waals surface area (Å²) in [5, 5.41) is 8.15. The van der Waals surface area contributed by atoms with Gasteiger partial charge in [0, 0.05) is 50.5 Å². The molecule has 0 aliphatic heterocycles. The fourth-order valence-corrected chi connectivity index (χ4v) is 4.97. The number of carbonyl (C=O) groups is 4. The maximum absolute atomic E-state index is 13.0. The number of hydrazine groups is 2. The maximum Gasteiger partial charge on any atom is 0.408 e. The number of amides is 4. The second-order valence-electron chi connectivity index (χ2n) is 9.23. The molecule has 12 nitrogen and oxygen atoms in total. The van der Waals surface area contributed by atoms with Crippen LogP contribution in [0.4, 0.5) is 9.59 Å². The lowest BCUT2D eigenvalue weighted by Gasteiger charge is -2.24. The molecule has 0 saturated heterocycles. The number of benzene rings is 2. The lowest BCUT2D eigenvalue weighted by atomic mass is 10.2. The molecule has 0 fully saturated rings. The molecule has 0 aliphatic carbocycles. The van der Waals surface area contributed by atoms with Crippen LogP contribution in [-0.4, -0.2) is 96.6 Å². The van der Waals surface area contributed by atoms with Crippen LogP contribution in [0.2, 0.25) is 0 Å². The first-order valence-electron chi connectivity index (χ1n) is 13.4. The number of nitrogens with zero attached hydrogens (tertiary/aromatic N) is 2. The van der Waals surface area contributed by atoms with E-state index in [0.29, 0.717) is 13.1 Å². The van der Waals surface area contributed by atoms with E-state index in [1.807, 2.05) is 60.7 Å². The molecule has 0 aromatic heterocycles. The quantitative estimate of drug-likeness (QED) is 0.141. The van der Waals surface area contributed by atoms with Crippen molar-refractivity contribution in [1.82, 2.24) is 31.5 Å². The number of rotatable bonds is 18. The van der Waals surface area contributed by atoms with E-state index >= 15 is 0 Å². The van der Waals surface area contributed by atoms with Crippen molar-refractivity contribution in [3.8, 4) is 0 Å². The van der Waals surface area contributed by atoms with E-state index in [1.165, 1.54) is 21.8 Å². The van der Waals surface area contributed by atoms with Gasteiger partial charge in [0.1, 0.15) is 25.3 Å². The molecule has 236 valence electrons. The Labute approximate surface area is 266 Å². The molecule has 0 heterocycles. The first kappa shape index (κ1) is 36.0. The summed E-state index contributed by atoms with van der Waals surface area (Å²) in [6, 6.07) is 16.2. The van der Waals surface area contributed by atoms with E-state index in [-0.39, 0.29) is 36.5 Å². The second kappa shape index (κ2) is 20.6. The van der Waals surface area contributed by atoms with E-state index in [2.05, 4.69) is 21.5 Å². The lowest BCUT2D eigenvalue weighted by molar-refractivity contribution is -0.127. The Bertz CT molecular complexity index is 1050. The second-order valence-corrected chi connectivity index (χ2v) is 11.1. The zero-order valence-electron chi connectivity index (χ0n) is 24.1. The highest BCUT2D eigenvalue weighted by Gasteiger charge is 2.26. The smallest absolute Gasteiger partial charge is 0.408 e. The van der Waals surface area contributed by atoms with Gasteiger partial charge < -0.3 is 20.1 Å². The molecule has 2 aromatic carbocycles. The number of carbonyl (C=O) groups excluding carboxylic acids is 4. The molecular formula is C28H38Cl2N6O6S. The number of alkyl halides is 2. The van der Waals surface area contributed by atoms with Crippen LogP contribution in [0.15, 0.2) is 60.7 Å². The molecule has 4 amide bonds. The van der Waals surface area contributed by atoms with Gasteiger partial charge in [-0.3, -0.25) is 20.4 Å². The monoisotopic (exact) mass is 656 g/mol. The number of hydrogen-bond acceptors (Lipinski definition) is 9. The summed E-state index contributed by atoms with van der Waals surface area (Å²) < 4.78 is 10.6. The summed E-state index contributed by atoms with van der Waals surface area (Å²) in [7, 11) is 3.28. The maximum atomic E-state index is 13.0. The minimum atomic E-state index is -1.03. The van der Waals surface area contributed by atoms with Gasteiger partial charge in [0.15, 0.2) is 0 Å². The lowest BCUT2D eigenvalue weighted by Crippen LogP contribution is -2.54. The van der Waals surface area contributed by atoms with E-state index in [0.717, 1.165) is 11.1 Å². The van der Waals surface area contributed by atoms with Gasteiger partial charge >= 0.3 is 12.2 Å². The van der Waals surface area contributed by atoms with Crippen molar-refractivity contribution in [1.29, 1.82) is 0 Å². The van der Waals surface area contributed by atoms with E-state index in [4.69, 9.17) is 32.7 Å². The molecule has 0 saturated carbocycles. The van der Waals surface area contributed by atoms with Gasteiger partial charge in [-0.1, -0.05) is 60.7 Å². The molecular weight excluding hydrogens is 619 g/mol. The first-order chi connectivity index (χ1) is 20.7. The largest absolute Gasteiger partial charge is 0.445 e. The van der Waals surface area contributed by atoms with Crippen molar-refractivity contribution >= 4 is 59.0 Å². The summed E-state index contributed by atoms with van der Waals surface area (Å²) in [6.07, 6.45) is -1.58. The fraction of sp³-hybridized carbons (Fsp3) is 0.429. The third-order valence-corrected chi connectivity index (χ3v) is 7.13. The average Bonchev–Trinajstić information content (AvgIpc) is 2.99. The molecule has 0 aliphatic rings. The molecule has 4 N–H and O–H groups in total. The van der Waals surface area contributed by atoms with Crippen LogP contribution in [-0.2, 0) is 32.3 Å². The fourth-order valence-electron chi connectivity index (χ4n) is 3.38. The van der Waals surface area contributed by atoms with Gasteiger partial charge in [-0.25, -0.2) is 19.6 Å². The van der Waals surface area contributed by atoms with Gasteiger partial charge in [0.2, 0.25) is 0 Å². The summed E-state index contributed by atoms with van der Waals surface area (Å²) in [5.74, 6) is -0.329. The summed E-state index contributed by atoms with van der Waals surface area (Å²) >= 11 is 12.7. The van der Waals surface area contributed by atoms with Crippen LogP contribution in [0.3, 0.4) is 0 Å². The van der Waals surface area contributed by atoms with Gasteiger partial charge in [-0.15, -0.1) is 23.2 Å². The Morgan fingerprint density at radius 3 is 1.42 bits per heavy atom. The Morgan fingerprint density at radius 2 is 1.07 bits per heavy atom. The highest BCUT2D eigenvalue weighted by molar-refractivity contribution is 7.99. The van der Waals surface area contributed by atoms with Crippen molar-refractivity contribution in [3.63, 3.8) is 0 Å². The van der Waals surface area contributed by atoms with Crippen LogP contribution < -0.4 is 21.5 Å². The number of alkyl carbamates (subject to hydrolysis) is 2. The van der Waals surface area contributed by atoms with Gasteiger partial charge in [-0.2, -0.15) is 11.8 Å². The van der Waals surface area contributed by atoms with Crippen LogP contribution in [0.25, 0.3) is 0 Å². The topological polar surface area (TPSA) is 141 Å². The number of thioether (sulfide) groups is 1. The van der Waals surface area contributed by atoms with Crippen LogP contribution in [0, 0.1) is 0 Å².